The van der Waals surface area contributed by atoms with Crippen LogP contribution < -0.4 is 0 Å². The number of carbonyl (C=O) groups is 1. The summed E-state index contributed by atoms with van der Waals surface area (Å²) in [5, 5.41) is 0. The molecule has 0 atom stereocenters. The van der Waals surface area contributed by atoms with Crippen molar-refractivity contribution in [3.05, 3.63) is 60.1 Å². The fraction of sp³-hybridized carbons (Fsp3) is 0.294. The van der Waals surface area contributed by atoms with E-state index in [0.29, 0.717) is 12.3 Å². The van der Waals surface area contributed by atoms with Gasteiger partial charge in [-0.1, -0.05) is 18.7 Å². The van der Waals surface area contributed by atoms with Gasteiger partial charge in [0.2, 0.25) is 5.91 Å². The highest BCUT2D eigenvalue weighted by Gasteiger charge is 2.23. The maximum absolute atomic E-state index is 12.1. The molecule has 1 aliphatic heterocycles. The molecular formula is C17H19ClN2O. The Labute approximate surface area is 130 Å². The molecule has 1 amide bonds. The zero-order valence-electron chi connectivity index (χ0n) is 12.2. The van der Waals surface area contributed by atoms with E-state index in [-0.39, 0.29) is 5.91 Å². The molecule has 2 heterocycles. The highest BCUT2D eigenvalue weighted by Crippen LogP contribution is 2.25. The molecule has 0 spiro atoms. The first kappa shape index (κ1) is 15.5. The van der Waals surface area contributed by atoms with Crippen molar-refractivity contribution in [1.29, 1.82) is 0 Å². The molecule has 0 aliphatic carbocycles. The summed E-state index contributed by atoms with van der Waals surface area (Å²) in [6, 6.07) is 3.84. The fourth-order valence-electron chi connectivity index (χ4n) is 2.29. The van der Waals surface area contributed by atoms with Crippen LogP contribution in [0.4, 0.5) is 0 Å². The predicted molar refractivity (Wildman–Crippen MR) is 86.8 cm³/mol. The van der Waals surface area contributed by atoms with E-state index in [2.05, 4.69) is 18.5 Å². The SMILES string of the molecule is C=C(/C=C\C1=C(C)CCN1C(=O)CCCl)c1cccnc1. The second-order valence-corrected chi connectivity index (χ2v) is 5.38. The van der Waals surface area contributed by atoms with Gasteiger partial charge in [-0.2, -0.15) is 0 Å². The van der Waals surface area contributed by atoms with Crippen molar-refractivity contribution < 1.29 is 4.79 Å². The molecule has 1 aromatic heterocycles. The number of rotatable bonds is 5. The monoisotopic (exact) mass is 302 g/mol. The highest BCUT2D eigenvalue weighted by molar-refractivity contribution is 6.18. The van der Waals surface area contributed by atoms with E-state index >= 15 is 0 Å². The third kappa shape index (κ3) is 3.82. The Morgan fingerprint density at radius 2 is 2.38 bits per heavy atom. The summed E-state index contributed by atoms with van der Waals surface area (Å²) in [5.41, 5.74) is 4.03. The van der Waals surface area contributed by atoms with Crippen LogP contribution in [-0.4, -0.2) is 28.2 Å². The van der Waals surface area contributed by atoms with Crippen LogP contribution in [0.5, 0.6) is 0 Å². The quantitative estimate of drug-likeness (QED) is 0.612. The van der Waals surface area contributed by atoms with Crippen molar-refractivity contribution in [1.82, 2.24) is 9.88 Å². The van der Waals surface area contributed by atoms with Crippen LogP contribution >= 0.6 is 11.6 Å². The van der Waals surface area contributed by atoms with E-state index in [4.69, 9.17) is 11.6 Å². The fourth-order valence-corrected chi connectivity index (χ4v) is 2.46. The summed E-state index contributed by atoms with van der Waals surface area (Å²) in [7, 11) is 0. The normalized spacial score (nSPS) is 15.0. The first-order valence-corrected chi connectivity index (χ1v) is 7.50. The van der Waals surface area contributed by atoms with Gasteiger partial charge < -0.3 is 4.90 Å². The van der Waals surface area contributed by atoms with Crippen LogP contribution in [0, 0.1) is 0 Å². The highest BCUT2D eigenvalue weighted by atomic mass is 35.5. The topological polar surface area (TPSA) is 33.2 Å². The largest absolute Gasteiger partial charge is 0.312 e. The van der Waals surface area contributed by atoms with Gasteiger partial charge in [-0.25, -0.2) is 0 Å². The molecule has 3 nitrogen and oxygen atoms in total. The Hall–Kier alpha value is -1.87. The van der Waals surface area contributed by atoms with Crippen molar-refractivity contribution in [2.24, 2.45) is 0 Å². The van der Waals surface area contributed by atoms with Gasteiger partial charge in [0.15, 0.2) is 0 Å². The average Bonchev–Trinajstić information content (AvgIpc) is 2.87. The number of nitrogens with zero attached hydrogens (tertiary/aromatic N) is 2. The summed E-state index contributed by atoms with van der Waals surface area (Å²) < 4.78 is 0. The van der Waals surface area contributed by atoms with Crippen molar-refractivity contribution in [2.75, 3.05) is 12.4 Å². The maximum atomic E-state index is 12.1. The van der Waals surface area contributed by atoms with Crippen LogP contribution in [0.25, 0.3) is 5.57 Å². The Balaban J connectivity index is 2.13. The van der Waals surface area contributed by atoms with Crippen molar-refractivity contribution >= 4 is 23.1 Å². The molecule has 0 N–H and O–H groups in total. The van der Waals surface area contributed by atoms with Gasteiger partial charge in [-0.05, 0) is 42.2 Å². The van der Waals surface area contributed by atoms with E-state index in [1.165, 1.54) is 5.57 Å². The molecule has 0 saturated carbocycles. The minimum absolute atomic E-state index is 0.0773. The molecule has 0 unspecified atom stereocenters. The van der Waals surface area contributed by atoms with Gasteiger partial charge in [0, 0.05) is 36.9 Å². The van der Waals surface area contributed by atoms with Crippen LogP contribution in [-0.2, 0) is 4.79 Å². The Morgan fingerprint density at radius 3 is 3.05 bits per heavy atom. The first-order chi connectivity index (χ1) is 10.1. The number of pyridine rings is 1. The smallest absolute Gasteiger partial charge is 0.228 e. The van der Waals surface area contributed by atoms with Gasteiger partial charge in [-0.15, -0.1) is 11.6 Å². The van der Waals surface area contributed by atoms with Gasteiger partial charge in [0.1, 0.15) is 0 Å². The number of hydrogen-bond donors (Lipinski definition) is 0. The van der Waals surface area contributed by atoms with Gasteiger partial charge in [-0.3, -0.25) is 9.78 Å². The molecule has 4 heteroatoms. The minimum Gasteiger partial charge on any atom is -0.312 e. The summed E-state index contributed by atoms with van der Waals surface area (Å²) in [4.78, 5) is 17.9. The molecule has 0 radical (unpaired) electrons. The number of aromatic nitrogens is 1. The van der Waals surface area contributed by atoms with E-state index in [9.17, 15) is 4.79 Å². The number of carbonyl (C=O) groups excluding carboxylic acids is 1. The number of halogens is 1. The van der Waals surface area contributed by atoms with Crippen LogP contribution in [0.2, 0.25) is 0 Å². The minimum atomic E-state index is 0.0773. The lowest BCUT2D eigenvalue weighted by atomic mass is 10.1. The maximum Gasteiger partial charge on any atom is 0.228 e. The van der Waals surface area contributed by atoms with E-state index < -0.39 is 0 Å². The lowest BCUT2D eigenvalue weighted by molar-refractivity contribution is -0.128. The molecule has 2 rings (SSSR count). The van der Waals surface area contributed by atoms with Crippen LogP contribution in [0.1, 0.15) is 25.3 Å². The Morgan fingerprint density at radius 1 is 1.57 bits per heavy atom. The summed E-state index contributed by atoms with van der Waals surface area (Å²) in [6.07, 6.45) is 8.68. The third-order valence-corrected chi connectivity index (χ3v) is 3.71. The predicted octanol–water partition coefficient (Wildman–Crippen LogP) is 3.79. The van der Waals surface area contributed by atoms with Crippen molar-refractivity contribution in [2.45, 2.75) is 19.8 Å². The summed E-state index contributed by atoms with van der Waals surface area (Å²) in [5.74, 6) is 0.432. The van der Waals surface area contributed by atoms with Crippen LogP contribution in [0.15, 0.2) is 54.5 Å². The third-order valence-electron chi connectivity index (χ3n) is 3.52. The summed E-state index contributed by atoms with van der Waals surface area (Å²) in [6.45, 7) is 6.84. The number of alkyl halides is 1. The molecule has 0 bridgehead atoms. The molecule has 0 saturated heterocycles. The van der Waals surface area contributed by atoms with Crippen molar-refractivity contribution in [3.8, 4) is 0 Å². The molecule has 21 heavy (non-hydrogen) atoms. The number of amides is 1. The average molecular weight is 303 g/mol. The zero-order valence-corrected chi connectivity index (χ0v) is 12.9. The van der Waals surface area contributed by atoms with E-state index in [1.807, 2.05) is 29.2 Å². The molecule has 0 fully saturated rings. The molecular weight excluding hydrogens is 284 g/mol. The van der Waals surface area contributed by atoms with Crippen molar-refractivity contribution in [3.63, 3.8) is 0 Å². The Kier molecular flexibility index (Phi) is 5.34. The molecule has 1 aromatic rings. The first-order valence-electron chi connectivity index (χ1n) is 6.97. The second-order valence-electron chi connectivity index (χ2n) is 5.00. The standard InChI is InChI=1S/C17H19ClN2O/c1-13(15-4-3-10-19-12-15)5-6-16-14(2)8-11-20(16)17(21)7-9-18/h3-6,10,12H,1,7-9,11H2,2H3/b6-5-. The number of hydrogen-bond acceptors (Lipinski definition) is 2. The van der Waals surface area contributed by atoms with E-state index in [0.717, 1.165) is 29.8 Å². The lowest BCUT2D eigenvalue weighted by Gasteiger charge is -2.18. The van der Waals surface area contributed by atoms with Gasteiger partial charge in [0.05, 0.1) is 0 Å². The lowest BCUT2D eigenvalue weighted by Crippen LogP contribution is -2.27. The number of allylic oxidation sites excluding steroid dienone is 3. The summed E-state index contributed by atoms with van der Waals surface area (Å²) >= 11 is 5.66. The zero-order chi connectivity index (χ0) is 15.2. The molecule has 0 aromatic carbocycles. The van der Waals surface area contributed by atoms with Gasteiger partial charge in [0.25, 0.3) is 0 Å². The Bertz CT molecular complexity index is 590. The van der Waals surface area contributed by atoms with Gasteiger partial charge >= 0.3 is 0 Å². The molecule has 1 aliphatic rings. The second kappa shape index (κ2) is 7.23. The van der Waals surface area contributed by atoms with E-state index in [1.54, 1.807) is 12.4 Å². The molecule has 110 valence electrons. The van der Waals surface area contributed by atoms with Crippen LogP contribution in [0.3, 0.4) is 0 Å².